The van der Waals surface area contributed by atoms with Crippen LogP contribution in [0.4, 0.5) is 15.9 Å². The summed E-state index contributed by atoms with van der Waals surface area (Å²) in [5.74, 6) is 1.11. The topological polar surface area (TPSA) is 97.6 Å². The second-order valence-electron chi connectivity index (χ2n) is 9.11. The lowest BCUT2D eigenvalue weighted by molar-refractivity contribution is 0.364. The highest BCUT2D eigenvalue weighted by molar-refractivity contribution is 5.57. The Hall–Kier alpha value is -4.54. The quantitative estimate of drug-likeness (QED) is 0.363. The average molecular weight is 501 g/mol. The molecule has 37 heavy (non-hydrogen) atoms. The summed E-state index contributed by atoms with van der Waals surface area (Å²) in [7, 11) is 0. The highest BCUT2D eigenvalue weighted by Gasteiger charge is 2.21. The maximum absolute atomic E-state index is 13.5. The van der Waals surface area contributed by atoms with Crippen molar-refractivity contribution in [2.24, 2.45) is 0 Å². The largest absolute Gasteiger partial charge is 0.368 e. The van der Waals surface area contributed by atoms with Crippen molar-refractivity contribution in [2.75, 3.05) is 36.0 Å². The first-order chi connectivity index (χ1) is 18.0. The van der Waals surface area contributed by atoms with Crippen molar-refractivity contribution in [2.45, 2.75) is 20.4 Å². The Bertz CT molecular complexity index is 1650. The molecule has 5 aromatic rings. The number of benzene rings is 2. The minimum Gasteiger partial charge on any atom is -0.368 e. The van der Waals surface area contributed by atoms with E-state index >= 15 is 0 Å². The molecule has 1 fully saturated rings. The van der Waals surface area contributed by atoms with Gasteiger partial charge in [-0.2, -0.15) is 9.97 Å². The van der Waals surface area contributed by atoms with E-state index in [2.05, 4.69) is 62.1 Å². The second-order valence-corrected chi connectivity index (χ2v) is 9.11. The summed E-state index contributed by atoms with van der Waals surface area (Å²) in [4.78, 5) is 26.4. The van der Waals surface area contributed by atoms with Crippen molar-refractivity contribution in [3.8, 4) is 11.4 Å². The van der Waals surface area contributed by atoms with E-state index in [-0.39, 0.29) is 23.9 Å². The van der Waals surface area contributed by atoms with E-state index in [4.69, 9.17) is 4.52 Å². The van der Waals surface area contributed by atoms with Crippen LogP contribution in [-0.4, -0.2) is 55.5 Å². The third-order valence-electron chi connectivity index (χ3n) is 6.80. The fourth-order valence-electron chi connectivity index (χ4n) is 4.62. The molecule has 1 aliphatic heterocycles. The number of nitrogens with zero attached hydrogens (tertiary/aromatic N) is 8. The summed E-state index contributed by atoms with van der Waals surface area (Å²) in [5.41, 5.74) is 4.00. The molecule has 1 saturated heterocycles. The minimum absolute atomic E-state index is 0.0195. The third-order valence-corrected chi connectivity index (χ3v) is 6.80. The Labute approximate surface area is 211 Å². The number of aromatic nitrogens is 6. The Kier molecular flexibility index (Phi) is 5.67. The zero-order valence-corrected chi connectivity index (χ0v) is 20.5. The van der Waals surface area contributed by atoms with Crippen LogP contribution in [0.2, 0.25) is 0 Å². The molecule has 0 saturated carbocycles. The van der Waals surface area contributed by atoms with Crippen LogP contribution in [0.25, 0.3) is 17.2 Å². The highest BCUT2D eigenvalue weighted by atomic mass is 19.1. The van der Waals surface area contributed by atoms with Gasteiger partial charge in [0.05, 0.1) is 0 Å². The summed E-state index contributed by atoms with van der Waals surface area (Å²) in [6.45, 7) is 7.66. The third kappa shape index (κ3) is 4.32. The number of piperazine rings is 1. The number of hydrogen-bond acceptors (Lipinski definition) is 8. The molecular weight excluding hydrogens is 475 g/mol. The fraction of sp³-hybridized carbons (Fsp3) is 0.269. The second kappa shape index (κ2) is 9.16. The first-order valence-corrected chi connectivity index (χ1v) is 12.1. The van der Waals surface area contributed by atoms with Crippen molar-refractivity contribution < 1.29 is 8.91 Å². The molecule has 0 spiro atoms. The molecule has 11 heteroatoms. The van der Waals surface area contributed by atoms with Crippen LogP contribution in [0, 0.1) is 19.7 Å². The molecule has 0 radical (unpaired) electrons. The van der Waals surface area contributed by atoms with Crippen molar-refractivity contribution in [1.29, 1.82) is 0 Å². The van der Waals surface area contributed by atoms with Gasteiger partial charge < -0.3 is 14.3 Å². The lowest BCUT2D eigenvalue weighted by Gasteiger charge is -2.37. The molecule has 0 aliphatic carbocycles. The molecule has 0 N–H and O–H groups in total. The Morgan fingerprint density at radius 3 is 2.57 bits per heavy atom. The van der Waals surface area contributed by atoms with E-state index in [1.165, 1.54) is 38.0 Å². The minimum atomic E-state index is -0.394. The molecule has 2 aromatic carbocycles. The normalized spacial score (nSPS) is 14.0. The van der Waals surface area contributed by atoms with Gasteiger partial charge in [-0.3, -0.25) is 0 Å². The average Bonchev–Trinajstić information content (AvgIpc) is 3.50. The molecule has 0 amide bonds. The molecular formula is C26H25FN8O2. The summed E-state index contributed by atoms with van der Waals surface area (Å²) in [6.07, 6.45) is 1.69. The van der Waals surface area contributed by atoms with Gasteiger partial charge in [0, 0.05) is 43.6 Å². The standard InChI is InChI=1S/C26H25FN8O2/c1-17-5-3-8-21(18(17)2)32-11-13-33(14-12-32)22-9-10-34-25(28-22)30-35(26(34)36)16-23-29-24(31-37-23)19-6-4-7-20(27)15-19/h3-10,15H,11-14,16H2,1-2H3. The van der Waals surface area contributed by atoms with Gasteiger partial charge in [0.15, 0.2) is 0 Å². The van der Waals surface area contributed by atoms with E-state index in [0.717, 1.165) is 32.0 Å². The molecule has 0 bridgehead atoms. The number of rotatable bonds is 5. The first-order valence-electron chi connectivity index (χ1n) is 12.1. The molecule has 4 heterocycles. The molecule has 0 atom stereocenters. The van der Waals surface area contributed by atoms with Gasteiger partial charge in [-0.05, 0) is 49.2 Å². The van der Waals surface area contributed by atoms with E-state index < -0.39 is 5.82 Å². The van der Waals surface area contributed by atoms with Gasteiger partial charge >= 0.3 is 5.69 Å². The van der Waals surface area contributed by atoms with Crippen LogP contribution in [0.5, 0.6) is 0 Å². The van der Waals surface area contributed by atoms with Gasteiger partial charge in [0.25, 0.3) is 5.78 Å². The van der Waals surface area contributed by atoms with Crippen LogP contribution in [0.3, 0.4) is 0 Å². The zero-order chi connectivity index (χ0) is 25.5. The van der Waals surface area contributed by atoms with E-state index in [9.17, 15) is 9.18 Å². The van der Waals surface area contributed by atoms with Gasteiger partial charge in [-0.15, -0.1) is 5.10 Å². The SMILES string of the molecule is Cc1cccc(N2CCN(c3ccn4c(=O)n(Cc5nc(-c6cccc(F)c6)no5)nc4n3)CC2)c1C. The van der Waals surface area contributed by atoms with Crippen LogP contribution >= 0.6 is 0 Å². The lowest BCUT2D eigenvalue weighted by Crippen LogP contribution is -2.47. The van der Waals surface area contributed by atoms with Crippen LogP contribution < -0.4 is 15.5 Å². The number of halogens is 1. The summed E-state index contributed by atoms with van der Waals surface area (Å²) in [5, 5.41) is 8.27. The van der Waals surface area contributed by atoms with E-state index in [1.807, 2.05) is 6.07 Å². The van der Waals surface area contributed by atoms with Gasteiger partial charge in [0.2, 0.25) is 11.7 Å². The fourth-order valence-corrected chi connectivity index (χ4v) is 4.62. The number of fused-ring (bicyclic) bond motifs is 1. The van der Waals surface area contributed by atoms with Crippen LogP contribution in [0.1, 0.15) is 17.0 Å². The van der Waals surface area contributed by atoms with Crippen molar-refractivity contribution in [3.63, 3.8) is 0 Å². The Morgan fingerprint density at radius 2 is 1.76 bits per heavy atom. The zero-order valence-electron chi connectivity index (χ0n) is 20.5. The summed E-state index contributed by atoms with van der Waals surface area (Å²) >= 11 is 0. The van der Waals surface area contributed by atoms with Crippen LogP contribution in [-0.2, 0) is 6.54 Å². The first kappa shape index (κ1) is 22.9. The smallest absolute Gasteiger partial charge is 0.352 e. The van der Waals surface area contributed by atoms with Crippen molar-refractivity contribution in [3.05, 3.63) is 88.0 Å². The molecule has 0 unspecified atom stereocenters. The van der Waals surface area contributed by atoms with Crippen molar-refractivity contribution in [1.82, 2.24) is 29.3 Å². The summed E-state index contributed by atoms with van der Waals surface area (Å²) < 4.78 is 21.4. The maximum atomic E-state index is 13.5. The molecule has 3 aromatic heterocycles. The van der Waals surface area contributed by atoms with Crippen LogP contribution in [0.15, 0.2) is 64.0 Å². The monoisotopic (exact) mass is 500 g/mol. The van der Waals surface area contributed by atoms with Gasteiger partial charge in [-0.1, -0.05) is 29.4 Å². The highest BCUT2D eigenvalue weighted by Crippen LogP contribution is 2.25. The summed E-state index contributed by atoms with van der Waals surface area (Å²) in [6, 6.07) is 14.2. The predicted molar refractivity (Wildman–Crippen MR) is 136 cm³/mol. The van der Waals surface area contributed by atoms with E-state index in [0.29, 0.717) is 11.3 Å². The van der Waals surface area contributed by atoms with Gasteiger partial charge in [-0.25, -0.2) is 18.3 Å². The predicted octanol–water partition coefficient (Wildman–Crippen LogP) is 3.07. The van der Waals surface area contributed by atoms with Gasteiger partial charge in [0.1, 0.15) is 18.2 Å². The molecule has 10 nitrogen and oxygen atoms in total. The molecule has 1 aliphatic rings. The number of hydrogen-bond donors (Lipinski definition) is 0. The Morgan fingerprint density at radius 1 is 0.973 bits per heavy atom. The molecule has 6 rings (SSSR count). The maximum Gasteiger partial charge on any atom is 0.352 e. The van der Waals surface area contributed by atoms with Crippen molar-refractivity contribution >= 4 is 17.3 Å². The number of aryl methyl sites for hydroxylation is 1. The Balaban J connectivity index is 1.18. The molecule has 188 valence electrons. The lowest BCUT2D eigenvalue weighted by atomic mass is 10.1. The number of anilines is 2. The van der Waals surface area contributed by atoms with E-state index in [1.54, 1.807) is 18.3 Å².